The molecule has 1 aliphatic carbocycles. The largest absolute Gasteiger partial charge is 0.493 e. The van der Waals surface area contributed by atoms with E-state index in [1.807, 2.05) is 12.1 Å². The van der Waals surface area contributed by atoms with Gasteiger partial charge >= 0.3 is 6.18 Å². The Balaban J connectivity index is 1.58. The number of carbonyl (C=O) groups is 1. The van der Waals surface area contributed by atoms with Gasteiger partial charge in [-0.25, -0.2) is 0 Å². The summed E-state index contributed by atoms with van der Waals surface area (Å²) >= 11 is 0. The number of hydrogen-bond donors (Lipinski definition) is 2. The minimum atomic E-state index is -4.45. The van der Waals surface area contributed by atoms with Crippen LogP contribution in [0.15, 0.2) is 42.5 Å². The molecule has 0 aromatic heterocycles. The summed E-state index contributed by atoms with van der Waals surface area (Å²) in [6, 6.07) is 8.95. The maximum Gasteiger partial charge on any atom is 0.416 e. The molecule has 2 aliphatic rings. The van der Waals surface area contributed by atoms with Crippen LogP contribution in [0.25, 0.3) is 5.57 Å². The predicted octanol–water partition coefficient (Wildman–Crippen LogP) is 4.36. The van der Waals surface area contributed by atoms with Gasteiger partial charge in [-0.1, -0.05) is 18.2 Å². The van der Waals surface area contributed by atoms with Crippen LogP contribution in [0.5, 0.6) is 5.75 Å². The molecule has 0 fully saturated rings. The number of amides is 1. The molecule has 29 heavy (non-hydrogen) atoms. The number of aliphatic hydroxyl groups excluding tert-OH is 1. The minimum absolute atomic E-state index is 0.130. The van der Waals surface area contributed by atoms with E-state index >= 15 is 0 Å². The highest BCUT2D eigenvalue weighted by atomic mass is 19.4. The van der Waals surface area contributed by atoms with E-state index in [1.165, 1.54) is 12.1 Å². The number of aryl methyl sites for hydroxylation is 1. The summed E-state index contributed by atoms with van der Waals surface area (Å²) in [5.41, 5.74) is 3.03. The molecule has 1 heterocycles. The second kappa shape index (κ2) is 7.55. The summed E-state index contributed by atoms with van der Waals surface area (Å²) in [6.45, 7) is 0.209. The maximum absolute atomic E-state index is 12.9. The van der Waals surface area contributed by atoms with Gasteiger partial charge in [-0.15, -0.1) is 0 Å². The molecule has 2 aromatic rings. The van der Waals surface area contributed by atoms with E-state index < -0.39 is 17.8 Å². The van der Waals surface area contributed by atoms with Crippen LogP contribution in [-0.4, -0.2) is 23.7 Å². The molecule has 0 saturated carbocycles. The van der Waals surface area contributed by atoms with Crippen molar-refractivity contribution in [3.63, 3.8) is 0 Å². The third-order valence-electron chi connectivity index (χ3n) is 5.31. The Bertz CT molecular complexity index is 982. The highest BCUT2D eigenvalue weighted by Gasteiger charge is 2.32. The van der Waals surface area contributed by atoms with Crippen molar-refractivity contribution < 1.29 is 27.8 Å². The number of alkyl halides is 3. The van der Waals surface area contributed by atoms with Crippen LogP contribution in [0.3, 0.4) is 0 Å². The van der Waals surface area contributed by atoms with Gasteiger partial charge in [0.2, 0.25) is 5.91 Å². The lowest BCUT2D eigenvalue weighted by Gasteiger charge is -2.23. The van der Waals surface area contributed by atoms with Crippen LogP contribution < -0.4 is 10.1 Å². The normalized spacial score (nSPS) is 19.9. The summed E-state index contributed by atoms with van der Waals surface area (Å²) in [5, 5.41) is 12.8. The smallest absolute Gasteiger partial charge is 0.416 e. The molecule has 0 saturated heterocycles. The molecule has 1 amide bonds. The Hall–Kier alpha value is -2.80. The standard InChI is InChI=1S/C22H20F3NO3/c23-22(24,25)15-5-7-17-14(8-9-29-20(17)11-15)10-21(28)26-19-3-1-2-13-4-6-16(27)12-18(13)19/h1-3,5,7,10-11,16,27H,4,6,8-9,12H2,(H,26,28)/t16-/m0/s1. The van der Waals surface area contributed by atoms with E-state index in [1.54, 1.807) is 6.07 Å². The number of rotatable bonds is 2. The summed E-state index contributed by atoms with van der Waals surface area (Å²) in [5.74, 6) is -0.230. The van der Waals surface area contributed by atoms with Gasteiger partial charge in [0.1, 0.15) is 5.75 Å². The van der Waals surface area contributed by atoms with E-state index in [-0.39, 0.29) is 18.3 Å². The van der Waals surface area contributed by atoms with Crippen molar-refractivity contribution in [2.45, 2.75) is 38.0 Å². The van der Waals surface area contributed by atoms with E-state index in [9.17, 15) is 23.1 Å². The lowest BCUT2D eigenvalue weighted by Crippen LogP contribution is -2.21. The molecular formula is C22H20F3NO3. The topological polar surface area (TPSA) is 58.6 Å². The number of nitrogens with one attached hydrogen (secondary N) is 1. The van der Waals surface area contributed by atoms with Gasteiger partial charge in [0.25, 0.3) is 0 Å². The van der Waals surface area contributed by atoms with Gasteiger partial charge in [0.05, 0.1) is 18.3 Å². The van der Waals surface area contributed by atoms with Crippen LogP contribution in [0.1, 0.15) is 35.1 Å². The van der Waals surface area contributed by atoms with Crippen molar-refractivity contribution in [2.24, 2.45) is 0 Å². The number of aliphatic hydroxyl groups is 1. The van der Waals surface area contributed by atoms with Crippen molar-refractivity contribution in [1.29, 1.82) is 0 Å². The van der Waals surface area contributed by atoms with E-state index in [4.69, 9.17) is 4.74 Å². The molecule has 0 bridgehead atoms. The Labute approximate surface area is 166 Å². The Morgan fingerprint density at radius 1 is 1.21 bits per heavy atom. The van der Waals surface area contributed by atoms with Gasteiger partial charge in [-0.3, -0.25) is 4.79 Å². The van der Waals surface area contributed by atoms with Crippen molar-refractivity contribution in [3.8, 4) is 5.75 Å². The molecule has 0 unspecified atom stereocenters. The summed E-state index contributed by atoms with van der Waals surface area (Å²) in [7, 11) is 0. The maximum atomic E-state index is 12.9. The lowest BCUT2D eigenvalue weighted by atomic mass is 9.88. The number of carbonyl (C=O) groups excluding carboxylic acids is 1. The fourth-order valence-electron chi connectivity index (χ4n) is 3.85. The minimum Gasteiger partial charge on any atom is -0.493 e. The van der Waals surface area contributed by atoms with E-state index in [0.29, 0.717) is 36.1 Å². The van der Waals surface area contributed by atoms with Crippen molar-refractivity contribution in [1.82, 2.24) is 0 Å². The first-order valence-corrected chi connectivity index (χ1v) is 9.46. The fraction of sp³-hybridized carbons (Fsp3) is 0.318. The fourth-order valence-corrected chi connectivity index (χ4v) is 3.85. The number of hydrogen-bond acceptors (Lipinski definition) is 3. The molecule has 7 heteroatoms. The number of anilines is 1. The molecule has 1 atom stereocenters. The number of fused-ring (bicyclic) bond motifs is 2. The predicted molar refractivity (Wildman–Crippen MR) is 103 cm³/mol. The quantitative estimate of drug-likeness (QED) is 0.733. The zero-order chi connectivity index (χ0) is 20.6. The van der Waals surface area contributed by atoms with Crippen LogP contribution >= 0.6 is 0 Å². The molecule has 2 N–H and O–H groups in total. The first kappa shape index (κ1) is 19.5. The summed E-state index contributed by atoms with van der Waals surface area (Å²) in [4.78, 5) is 12.6. The van der Waals surface area contributed by atoms with E-state index in [2.05, 4.69) is 5.32 Å². The number of ether oxygens (including phenoxy) is 1. The van der Waals surface area contributed by atoms with Crippen molar-refractivity contribution >= 4 is 17.2 Å². The molecule has 152 valence electrons. The zero-order valence-corrected chi connectivity index (χ0v) is 15.6. The Kier molecular flexibility index (Phi) is 5.08. The average molecular weight is 403 g/mol. The van der Waals surface area contributed by atoms with Gasteiger partial charge in [0, 0.05) is 30.2 Å². The van der Waals surface area contributed by atoms with Gasteiger partial charge in [0.15, 0.2) is 0 Å². The second-order valence-electron chi connectivity index (χ2n) is 7.31. The zero-order valence-electron chi connectivity index (χ0n) is 15.6. The Morgan fingerprint density at radius 3 is 2.83 bits per heavy atom. The second-order valence-corrected chi connectivity index (χ2v) is 7.31. The summed E-state index contributed by atoms with van der Waals surface area (Å²) in [6.07, 6.45) is -1.10. The lowest BCUT2D eigenvalue weighted by molar-refractivity contribution is -0.137. The third kappa shape index (κ3) is 4.15. The van der Waals surface area contributed by atoms with E-state index in [0.717, 1.165) is 29.7 Å². The van der Waals surface area contributed by atoms with Crippen LogP contribution in [0, 0.1) is 0 Å². The number of halogens is 3. The SMILES string of the molecule is O=C(C=C1CCOc2cc(C(F)(F)F)ccc21)Nc1cccc2c1C[C@@H](O)CC2. The van der Waals surface area contributed by atoms with Crippen LogP contribution in [-0.2, 0) is 23.8 Å². The number of benzene rings is 2. The van der Waals surface area contributed by atoms with Crippen molar-refractivity contribution in [3.05, 3.63) is 64.7 Å². The monoisotopic (exact) mass is 403 g/mol. The van der Waals surface area contributed by atoms with Crippen molar-refractivity contribution in [2.75, 3.05) is 11.9 Å². The highest BCUT2D eigenvalue weighted by molar-refractivity contribution is 6.05. The average Bonchev–Trinajstić information content (AvgIpc) is 2.67. The summed E-state index contributed by atoms with van der Waals surface area (Å²) < 4.78 is 44.1. The molecule has 0 spiro atoms. The molecular weight excluding hydrogens is 383 g/mol. The molecule has 1 aliphatic heterocycles. The first-order chi connectivity index (χ1) is 13.8. The van der Waals surface area contributed by atoms with Crippen LogP contribution in [0.4, 0.5) is 18.9 Å². The third-order valence-corrected chi connectivity index (χ3v) is 5.31. The highest BCUT2D eigenvalue weighted by Crippen LogP contribution is 2.38. The van der Waals surface area contributed by atoms with Gasteiger partial charge < -0.3 is 15.2 Å². The van der Waals surface area contributed by atoms with Crippen LogP contribution in [0.2, 0.25) is 0 Å². The Morgan fingerprint density at radius 2 is 2.03 bits per heavy atom. The molecule has 0 radical (unpaired) electrons. The molecule has 4 rings (SSSR count). The first-order valence-electron chi connectivity index (χ1n) is 9.46. The van der Waals surface area contributed by atoms with Gasteiger partial charge in [-0.2, -0.15) is 13.2 Å². The molecule has 4 nitrogen and oxygen atoms in total. The van der Waals surface area contributed by atoms with Gasteiger partial charge in [-0.05, 0) is 47.7 Å². The molecule has 2 aromatic carbocycles.